The number of nitrogens with zero attached hydrogens (tertiary/aromatic N) is 1. The lowest BCUT2D eigenvalue weighted by Gasteiger charge is -2.00. The van der Waals surface area contributed by atoms with Crippen molar-refractivity contribution in [2.45, 2.75) is 6.42 Å². The average Bonchev–Trinajstić information content (AvgIpc) is 2.91. The van der Waals surface area contributed by atoms with Crippen molar-refractivity contribution in [1.29, 1.82) is 0 Å². The van der Waals surface area contributed by atoms with E-state index in [4.69, 9.17) is 0 Å². The Balaban J connectivity index is 1.76. The Morgan fingerprint density at radius 2 is 2.16 bits per heavy atom. The van der Waals surface area contributed by atoms with E-state index in [0.717, 1.165) is 11.3 Å². The highest BCUT2D eigenvalue weighted by atomic mass is 19.1. The Morgan fingerprint density at radius 1 is 1.37 bits per heavy atom. The predicted molar refractivity (Wildman–Crippen MR) is 70.7 cm³/mol. The Kier molecular flexibility index (Phi) is 4.44. The minimum Gasteiger partial charge on any atom is -0.352 e. The summed E-state index contributed by atoms with van der Waals surface area (Å²) in [5.41, 5.74) is 1.76. The fourth-order valence-electron chi connectivity index (χ4n) is 1.55. The van der Waals surface area contributed by atoms with Gasteiger partial charge in [0.15, 0.2) is 0 Å². The number of amides is 1. The van der Waals surface area contributed by atoms with Gasteiger partial charge in [0.2, 0.25) is 5.91 Å². The summed E-state index contributed by atoms with van der Waals surface area (Å²) in [4.78, 5) is 18.4. The Morgan fingerprint density at radius 3 is 2.84 bits per heavy atom. The van der Waals surface area contributed by atoms with Gasteiger partial charge in [0.25, 0.3) is 0 Å². The molecule has 1 heterocycles. The van der Waals surface area contributed by atoms with Gasteiger partial charge < -0.3 is 10.3 Å². The number of carbonyl (C=O) groups excluding carboxylic acids is 1. The number of rotatable bonds is 5. The number of benzene rings is 1. The highest BCUT2D eigenvalue weighted by molar-refractivity contribution is 5.91. The summed E-state index contributed by atoms with van der Waals surface area (Å²) in [5.74, 6) is -0.468. The first-order valence-corrected chi connectivity index (χ1v) is 5.93. The largest absolute Gasteiger partial charge is 0.352 e. The summed E-state index contributed by atoms with van der Waals surface area (Å²) in [6.45, 7) is 0.536. The van der Waals surface area contributed by atoms with Gasteiger partial charge in [-0.3, -0.25) is 4.79 Å². The van der Waals surface area contributed by atoms with Crippen LogP contribution in [0.1, 0.15) is 11.3 Å². The van der Waals surface area contributed by atoms with Gasteiger partial charge in [-0.1, -0.05) is 12.1 Å². The molecule has 1 aromatic carbocycles. The van der Waals surface area contributed by atoms with Crippen LogP contribution in [0.15, 0.2) is 42.9 Å². The van der Waals surface area contributed by atoms with E-state index in [0.29, 0.717) is 13.0 Å². The SMILES string of the molecule is O=C(C=Cc1ccc(F)cc1)NCCc1cnc[nH]1. The molecule has 1 aromatic heterocycles. The third-order valence-electron chi connectivity index (χ3n) is 2.55. The molecule has 0 aliphatic carbocycles. The maximum atomic E-state index is 12.7. The van der Waals surface area contributed by atoms with Gasteiger partial charge in [0, 0.05) is 30.9 Å². The molecule has 0 saturated heterocycles. The topological polar surface area (TPSA) is 57.8 Å². The van der Waals surface area contributed by atoms with E-state index < -0.39 is 0 Å². The number of aromatic nitrogens is 2. The van der Waals surface area contributed by atoms with Gasteiger partial charge >= 0.3 is 0 Å². The molecule has 0 unspecified atom stereocenters. The zero-order chi connectivity index (χ0) is 13.5. The molecular formula is C14H14FN3O. The maximum Gasteiger partial charge on any atom is 0.244 e. The van der Waals surface area contributed by atoms with Crippen molar-refractivity contribution in [3.05, 3.63) is 59.9 Å². The summed E-state index contributed by atoms with van der Waals surface area (Å²) in [6, 6.07) is 5.94. The van der Waals surface area contributed by atoms with Crippen LogP contribution in [0.2, 0.25) is 0 Å². The molecule has 0 aliphatic heterocycles. The molecule has 1 amide bonds. The Hall–Kier alpha value is -2.43. The van der Waals surface area contributed by atoms with Crippen LogP contribution in [0.4, 0.5) is 4.39 Å². The highest BCUT2D eigenvalue weighted by Crippen LogP contribution is 2.04. The van der Waals surface area contributed by atoms with Crippen LogP contribution in [0, 0.1) is 5.82 Å². The Labute approximate surface area is 110 Å². The van der Waals surface area contributed by atoms with E-state index in [2.05, 4.69) is 15.3 Å². The van der Waals surface area contributed by atoms with E-state index in [1.54, 1.807) is 30.7 Å². The smallest absolute Gasteiger partial charge is 0.244 e. The van der Waals surface area contributed by atoms with Crippen LogP contribution < -0.4 is 5.32 Å². The van der Waals surface area contributed by atoms with E-state index in [1.807, 2.05) is 0 Å². The standard InChI is InChI=1S/C14H14FN3O/c15-12-4-1-11(2-5-12)3-6-14(19)17-8-7-13-9-16-10-18-13/h1-6,9-10H,7-8H2,(H,16,18)(H,17,19). The molecule has 4 nitrogen and oxygen atoms in total. The van der Waals surface area contributed by atoms with Crippen molar-refractivity contribution >= 4 is 12.0 Å². The zero-order valence-corrected chi connectivity index (χ0v) is 10.3. The first-order chi connectivity index (χ1) is 9.24. The summed E-state index contributed by atoms with van der Waals surface area (Å²) < 4.78 is 12.7. The number of nitrogens with one attached hydrogen (secondary N) is 2. The first kappa shape index (κ1) is 13.0. The van der Waals surface area contributed by atoms with Crippen LogP contribution in [-0.4, -0.2) is 22.4 Å². The minimum absolute atomic E-state index is 0.177. The van der Waals surface area contributed by atoms with Gasteiger partial charge in [-0.25, -0.2) is 9.37 Å². The number of halogens is 1. The lowest BCUT2D eigenvalue weighted by Crippen LogP contribution is -2.23. The minimum atomic E-state index is -0.291. The zero-order valence-electron chi connectivity index (χ0n) is 10.3. The molecule has 2 rings (SSSR count). The number of hydrogen-bond donors (Lipinski definition) is 2. The van der Waals surface area contributed by atoms with E-state index in [-0.39, 0.29) is 11.7 Å². The number of imidazole rings is 1. The van der Waals surface area contributed by atoms with Crippen LogP contribution in [-0.2, 0) is 11.2 Å². The van der Waals surface area contributed by atoms with Crippen molar-refractivity contribution < 1.29 is 9.18 Å². The van der Waals surface area contributed by atoms with Crippen molar-refractivity contribution in [2.75, 3.05) is 6.54 Å². The van der Waals surface area contributed by atoms with Crippen molar-refractivity contribution in [3.8, 4) is 0 Å². The fraction of sp³-hybridized carbons (Fsp3) is 0.143. The summed E-state index contributed by atoms with van der Waals surface area (Å²) in [7, 11) is 0. The van der Waals surface area contributed by atoms with Crippen LogP contribution in [0.5, 0.6) is 0 Å². The van der Waals surface area contributed by atoms with E-state index >= 15 is 0 Å². The summed E-state index contributed by atoms with van der Waals surface area (Å²) in [5, 5.41) is 2.75. The first-order valence-electron chi connectivity index (χ1n) is 5.93. The van der Waals surface area contributed by atoms with Crippen LogP contribution >= 0.6 is 0 Å². The van der Waals surface area contributed by atoms with Gasteiger partial charge in [-0.2, -0.15) is 0 Å². The van der Waals surface area contributed by atoms with E-state index in [9.17, 15) is 9.18 Å². The second kappa shape index (κ2) is 6.49. The number of aromatic amines is 1. The quantitative estimate of drug-likeness (QED) is 0.806. The molecular weight excluding hydrogens is 245 g/mol. The van der Waals surface area contributed by atoms with Crippen molar-refractivity contribution in [2.24, 2.45) is 0 Å². The maximum absolute atomic E-state index is 12.7. The van der Waals surface area contributed by atoms with Gasteiger partial charge in [-0.05, 0) is 23.8 Å². The lowest BCUT2D eigenvalue weighted by molar-refractivity contribution is -0.116. The van der Waals surface area contributed by atoms with E-state index in [1.165, 1.54) is 18.2 Å². The molecule has 0 fully saturated rings. The monoisotopic (exact) mass is 259 g/mol. The average molecular weight is 259 g/mol. The van der Waals surface area contributed by atoms with Crippen molar-refractivity contribution in [3.63, 3.8) is 0 Å². The molecule has 0 atom stereocenters. The molecule has 98 valence electrons. The molecule has 5 heteroatoms. The third-order valence-corrected chi connectivity index (χ3v) is 2.55. The molecule has 2 N–H and O–H groups in total. The molecule has 19 heavy (non-hydrogen) atoms. The van der Waals surface area contributed by atoms with Gasteiger partial charge in [-0.15, -0.1) is 0 Å². The fourth-order valence-corrected chi connectivity index (χ4v) is 1.55. The third kappa shape index (κ3) is 4.39. The van der Waals surface area contributed by atoms with Gasteiger partial charge in [0.1, 0.15) is 5.82 Å². The van der Waals surface area contributed by atoms with Crippen LogP contribution in [0.3, 0.4) is 0 Å². The second-order valence-electron chi connectivity index (χ2n) is 4.00. The number of hydrogen-bond acceptors (Lipinski definition) is 2. The van der Waals surface area contributed by atoms with Gasteiger partial charge in [0.05, 0.1) is 6.33 Å². The second-order valence-corrected chi connectivity index (χ2v) is 4.00. The molecule has 0 radical (unpaired) electrons. The summed E-state index contributed by atoms with van der Waals surface area (Å²) in [6.07, 6.45) is 7.10. The molecule has 0 saturated carbocycles. The molecule has 0 bridgehead atoms. The normalized spacial score (nSPS) is 10.8. The van der Waals surface area contributed by atoms with Crippen LogP contribution in [0.25, 0.3) is 6.08 Å². The predicted octanol–water partition coefficient (Wildman–Crippen LogP) is 1.92. The highest BCUT2D eigenvalue weighted by Gasteiger charge is 1.97. The van der Waals surface area contributed by atoms with Crippen molar-refractivity contribution in [1.82, 2.24) is 15.3 Å². The number of carbonyl (C=O) groups is 1. The molecule has 0 aliphatic rings. The lowest BCUT2D eigenvalue weighted by atomic mass is 10.2. The molecule has 2 aromatic rings. The molecule has 0 spiro atoms. The Bertz CT molecular complexity index is 547. The number of H-pyrrole nitrogens is 1. The summed E-state index contributed by atoms with van der Waals surface area (Å²) >= 11 is 0.